The van der Waals surface area contributed by atoms with Crippen LogP contribution in [0.15, 0.2) is 0 Å². The lowest BCUT2D eigenvalue weighted by Crippen LogP contribution is -2.42. The standard InChI is InChI=1S/C8H16N2.C8H17NO2.C8H15NO.C6H14N2.2C6H13NO.C5H12N2.C5H11NO2S.C5H11NO.C5H13N/c1-9-3-7-5-10(2)6-8(7)4-9;1-9(2)4-3-8-7-10-5-6-11-8;1-9-6-2-3-7(9)5-8(10)4-6;1-7-3-5-8(2)6-4-7;1-6-5-8-4-3-7(6)2;1-7-3-2-5-8-6-4-7;1-7-4-2-6-3-5-7;1-6-2-4-9(7,8)5-3-6;1-6-2-4-7-5-3-6;1-4-6(3)5-2/h7-8H,3-6H2,1-2H3;8H,3-7H2,1-2H3;6-8,10H,2-5H2,1H3;3-6H2,1-2H3;6H,3-5H2,1-2H3;2-6H2,1H3;6H,2-5H2,1H3;2-5H2,1H3;2-5H2,1H3;4-5H2,1-3H3. The van der Waals surface area contributed by atoms with E-state index in [1.165, 1.54) is 91.3 Å². The van der Waals surface area contributed by atoms with Crippen molar-refractivity contribution in [2.45, 2.75) is 89.6 Å². The van der Waals surface area contributed by atoms with Crippen molar-refractivity contribution in [3.63, 3.8) is 0 Å². The molecule has 22 heteroatoms. The predicted molar refractivity (Wildman–Crippen MR) is 350 cm³/mol. The van der Waals surface area contributed by atoms with Crippen molar-refractivity contribution in [1.29, 1.82) is 0 Å². The quantitative estimate of drug-likeness (QED) is 0.408. The third-order valence-corrected chi connectivity index (χ3v) is 19.4. The monoisotopic (exact) mass is 1220 g/mol. The third kappa shape index (κ3) is 39.3. The summed E-state index contributed by atoms with van der Waals surface area (Å²) in [6.45, 7) is 39.6. The number of aliphatic hydroxyl groups excluding tert-OH is 1. The van der Waals surface area contributed by atoms with Crippen LogP contribution in [0.2, 0.25) is 0 Å². The highest BCUT2D eigenvalue weighted by atomic mass is 32.2. The van der Waals surface area contributed by atoms with Gasteiger partial charge >= 0.3 is 0 Å². The Morgan fingerprint density at radius 2 is 0.952 bits per heavy atom. The lowest BCUT2D eigenvalue weighted by atomic mass is 10.0. The number of rotatable bonds is 5. The van der Waals surface area contributed by atoms with Crippen LogP contribution < -0.4 is 5.32 Å². The summed E-state index contributed by atoms with van der Waals surface area (Å²) in [7, 11) is 25.1. The maximum absolute atomic E-state index is 10.8. The van der Waals surface area contributed by atoms with Gasteiger partial charge in [0.05, 0.1) is 76.6 Å². The van der Waals surface area contributed by atoms with Crippen molar-refractivity contribution in [2.24, 2.45) is 11.8 Å². The Balaban J connectivity index is 0.000000320. The molecule has 11 rings (SSSR count). The van der Waals surface area contributed by atoms with E-state index in [0.29, 0.717) is 48.8 Å². The zero-order valence-corrected chi connectivity index (χ0v) is 58.0. The molecule has 0 aliphatic carbocycles. The molecule has 0 amide bonds. The molecule has 2 bridgehead atoms. The Labute approximate surface area is 517 Å². The fourth-order valence-corrected chi connectivity index (χ4v) is 12.4. The summed E-state index contributed by atoms with van der Waals surface area (Å²) < 4.78 is 47.8. The van der Waals surface area contributed by atoms with E-state index in [1.54, 1.807) is 0 Å². The van der Waals surface area contributed by atoms with Gasteiger partial charge in [-0.25, -0.2) is 8.42 Å². The minimum Gasteiger partial charge on any atom is -0.393 e. The van der Waals surface area contributed by atoms with E-state index < -0.39 is 9.84 Å². The number of aliphatic hydroxyl groups is 1. The van der Waals surface area contributed by atoms with Crippen LogP contribution >= 0.6 is 0 Å². The van der Waals surface area contributed by atoms with Gasteiger partial charge in [0.2, 0.25) is 0 Å². The van der Waals surface area contributed by atoms with Crippen LogP contribution in [0.25, 0.3) is 0 Å². The van der Waals surface area contributed by atoms with Gasteiger partial charge in [-0.2, -0.15) is 0 Å². The van der Waals surface area contributed by atoms with Crippen LogP contribution in [0.5, 0.6) is 0 Å². The Hall–Kier alpha value is -0.810. The molecule has 11 fully saturated rings. The van der Waals surface area contributed by atoms with E-state index in [0.717, 1.165) is 149 Å². The molecule has 0 spiro atoms. The van der Waals surface area contributed by atoms with E-state index in [2.05, 4.69) is 165 Å². The molecule has 0 aromatic carbocycles. The Morgan fingerprint density at radius 1 is 0.512 bits per heavy atom. The van der Waals surface area contributed by atoms with Crippen molar-refractivity contribution in [3.8, 4) is 0 Å². The van der Waals surface area contributed by atoms with Gasteiger partial charge in [-0.3, -0.25) is 4.90 Å². The molecule has 84 heavy (non-hydrogen) atoms. The number of hydrogen-bond acceptors (Lipinski definition) is 21. The van der Waals surface area contributed by atoms with Gasteiger partial charge in [-0.15, -0.1) is 0 Å². The minimum atomic E-state index is -2.66. The maximum Gasteiger partial charge on any atom is 0.152 e. The van der Waals surface area contributed by atoms with Crippen LogP contribution in [-0.4, -0.2) is 409 Å². The fraction of sp³-hybridized carbons (Fsp3) is 1.00. The van der Waals surface area contributed by atoms with Gasteiger partial charge in [0.15, 0.2) is 9.84 Å². The summed E-state index contributed by atoms with van der Waals surface area (Å²) in [6.07, 6.45) is 7.21. The van der Waals surface area contributed by atoms with Crippen molar-refractivity contribution < 1.29 is 37.2 Å². The summed E-state index contributed by atoms with van der Waals surface area (Å²) in [5.41, 5.74) is 0. The lowest BCUT2D eigenvalue weighted by molar-refractivity contribution is -0.0919. The van der Waals surface area contributed by atoms with Crippen molar-refractivity contribution >= 4 is 9.84 Å². The number of ether oxygens (including phenoxy) is 5. The molecule has 4 atom stereocenters. The molecule has 0 radical (unpaired) electrons. The summed E-state index contributed by atoms with van der Waals surface area (Å²) in [4.78, 5) is 27.7. The summed E-state index contributed by atoms with van der Waals surface area (Å²) in [5.74, 6) is 2.64. The number of fused-ring (bicyclic) bond motifs is 3. The maximum atomic E-state index is 10.8. The van der Waals surface area contributed by atoms with Gasteiger partial charge in [0.25, 0.3) is 0 Å². The van der Waals surface area contributed by atoms with E-state index in [-0.39, 0.29) is 6.10 Å². The Bertz CT molecular complexity index is 1550. The molecular formula is C62H135N13O8S. The van der Waals surface area contributed by atoms with Gasteiger partial charge in [-0.05, 0) is 162 Å². The van der Waals surface area contributed by atoms with Gasteiger partial charge < -0.3 is 88.0 Å². The second kappa shape index (κ2) is 47.2. The molecule has 11 saturated heterocycles. The molecule has 502 valence electrons. The third-order valence-electron chi connectivity index (χ3n) is 17.8. The second-order valence-corrected chi connectivity index (χ2v) is 28.3. The number of nitrogens with zero attached hydrogens (tertiary/aromatic N) is 12. The SMILES string of the molecule is CC1COCCN1C.CCN(C)CC.CN(C)CCC1COCCO1.CN1C2CCC1CC(O)C2.CN1CC2CN(C)CC2C1.CN1CCCOCC1.CN1CCN(C)CC1.CN1CCNCC1.CN1CCOCC1.CN1CCS(=O)(=O)CC1. The molecule has 2 N–H and O–H groups in total. The number of hydrogen-bond donors (Lipinski definition) is 2. The van der Waals surface area contributed by atoms with Crippen LogP contribution in [0, 0.1) is 11.8 Å². The first-order valence-electron chi connectivity index (χ1n) is 32.8. The molecular weight excluding hydrogens is 1090 g/mol. The van der Waals surface area contributed by atoms with Crippen LogP contribution in [0.3, 0.4) is 0 Å². The molecule has 0 saturated carbocycles. The molecule has 11 aliphatic heterocycles. The van der Waals surface area contributed by atoms with Crippen LogP contribution in [-0.2, 0) is 33.5 Å². The van der Waals surface area contributed by atoms with Crippen molar-refractivity contribution in [2.75, 3.05) is 307 Å². The van der Waals surface area contributed by atoms with E-state index in [1.807, 2.05) is 11.9 Å². The van der Waals surface area contributed by atoms with E-state index in [4.69, 9.17) is 23.7 Å². The second-order valence-electron chi connectivity index (χ2n) is 26.0. The first-order valence-corrected chi connectivity index (χ1v) is 34.6. The topological polar surface area (TPSA) is 151 Å². The van der Waals surface area contributed by atoms with Crippen LogP contribution in [0.1, 0.15) is 59.3 Å². The first-order chi connectivity index (χ1) is 40.0. The van der Waals surface area contributed by atoms with Gasteiger partial charge in [-0.1, -0.05) is 13.8 Å². The number of likely N-dealkylation sites (N-methyl/N-ethyl adjacent to an activating group) is 6. The highest BCUT2D eigenvalue weighted by Crippen LogP contribution is 2.34. The number of sulfone groups is 1. The molecule has 21 nitrogen and oxygen atoms in total. The minimum absolute atomic E-state index is 0.00583. The largest absolute Gasteiger partial charge is 0.393 e. The average molecular weight is 1220 g/mol. The summed E-state index contributed by atoms with van der Waals surface area (Å²) in [6, 6.07) is 1.99. The van der Waals surface area contributed by atoms with Gasteiger partial charge in [0, 0.05) is 156 Å². The zero-order chi connectivity index (χ0) is 62.3. The molecule has 0 aromatic rings. The number of piperidine rings is 1. The molecule has 11 aliphatic rings. The lowest BCUT2D eigenvalue weighted by Gasteiger charge is -2.33. The fourth-order valence-electron chi connectivity index (χ4n) is 11.0. The van der Waals surface area contributed by atoms with Crippen LogP contribution in [0.4, 0.5) is 0 Å². The smallest absolute Gasteiger partial charge is 0.152 e. The zero-order valence-electron chi connectivity index (χ0n) is 57.2. The first kappa shape index (κ1) is 79.3. The van der Waals surface area contributed by atoms with E-state index in [9.17, 15) is 13.5 Å². The average Bonchev–Trinajstić information content (AvgIpc) is 4.10. The van der Waals surface area contributed by atoms with Crippen molar-refractivity contribution in [3.05, 3.63) is 0 Å². The normalized spacial score (nSPS) is 30.2. The highest BCUT2D eigenvalue weighted by molar-refractivity contribution is 7.91. The predicted octanol–water partition coefficient (Wildman–Crippen LogP) is 1.38. The Morgan fingerprint density at radius 3 is 1.33 bits per heavy atom. The summed E-state index contributed by atoms with van der Waals surface area (Å²) >= 11 is 0. The summed E-state index contributed by atoms with van der Waals surface area (Å²) in [5, 5.41) is 12.7. The molecule has 0 aromatic heterocycles. The number of morpholine rings is 2. The molecule has 4 unspecified atom stereocenters. The van der Waals surface area contributed by atoms with Crippen molar-refractivity contribution in [1.82, 2.24) is 64.1 Å². The highest BCUT2D eigenvalue weighted by Gasteiger charge is 2.38. The van der Waals surface area contributed by atoms with E-state index >= 15 is 0 Å². The Kier molecular flexibility index (Phi) is 44.5. The number of likely N-dealkylation sites (tertiary alicyclic amines) is 2. The number of nitrogens with one attached hydrogen (secondary N) is 1. The van der Waals surface area contributed by atoms with Gasteiger partial charge in [0.1, 0.15) is 0 Å². The molecule has 11 heterocycles. The number of piperazine rings is 2.